The number of aliphatic carboxylic acids is 1. The van der Waals surface area contributed by atoms with Crippen LogP contribution < -0.4 is 5.32 Å². The Balaban J connectivity index is 3.25. The summed E-state index contributed by atoms with van der Waals surface area (Å²) < 4.78 is 5.19. The van der Waals surface area contributed by atoms with Crippen LogP contribution in [0.5, 0.6) is 0 Å². The second-order valence-electron chi connectivity index (χ2n) is 8.30. The summed E-state index contributed by atoms with van der Waals surface area (Å²) in [5.41, 5.74) is 0. The second-order valence-corrected chi connectivity index (χ2v) is 8.67. The zero-order valence-electron chi connectivity index (χ0n) is 19.3. The molecule has 1 atom stereocenters. The Morgan fingerprint density at radius 1 is 0.800 bits per heavy atom. The summed E-state index contributed by atoms with van der Waals surface area (Å²) in [7, 11) is 0. The third-order valence-electron chi connectivity index (χ3n) is 5.44. The first-order valence-electron chi connectivity index (χ1n) is 12.3. The Kier molecular flexibility index (Phi) is 22.4. The summed E-state index contributed by atoms with van der Waals surface area (Å²) >= 11 is 3.99. The van der Waals surface area contributed by atoms with E-state index in [1.165, 1.54) is 83.5 Å². The fourth-order valence-corrected chi connectivity index (χ4v) is 3.76. The Morgan fingerprint density at radius 3 is 1.70 bits per heavy atom. The first kappa shape index (κ1) is 29.2. The molecule has 0 saturated heterocycles. The standard InChI is InChI=1S/C24H47NO4S/c1-2-3-4-5-6-7-8-9-10-11-12-13-14-15-16-18-23(26)29-20-17-19-25-22(21-30)24(27)28/h22,25,30H,2-21H2,1H3,(H,27,28)/t22-/m0/s1. The topological polar surface area (TPSA) is 75.6 Å². The van der Waals surface area contributed by atoms with E-state index in [2.05, 4.69) is 24.9 Å². The van der Waals surface area contributed by atoms with Crippen LogP contribution in [0.2, 0.25) is 0 Å². The average Bonchev–Trinajstić information content (AvgIpc) is 2.73. The van der Waals surface area contributed by atoms with E-state index in [9.17, 15) is 9.59 Å². The van der Waals surface area contributed by atoms with Crippen LogP contribution in [0.3, 0.4) is 0 Å². The molecule has 0 spiro atoms. The van der Waals surface area contributed by atoms with Crippen molar-refractivity contribution >= 4 is 24.6 Å². The van der Waals surface area contributed by atoms with Gasteiger partial charge in [0.1, 0.15) is 6.04 Å². The molecule has 5 nitrogen and oxygen atoms in total. The molecule has 0 fully saturated rings. The number of nitrogens with one attached hydrogen (secondary N) is 1. The van der Waals surface area contributed by atoms with Gasteiger partial charge in [0.2, 0.25) is 0 Å². The fraction of sp³-hybridized carbons (Fsp3) is 0.917. The molecule has 178 valence electrons. The van der Waals surface area contributed by atoms with E-state index >= 15 is 0 Å². The molecule has 0 unspecified atom stereocenters. The van der Waals surface area contributed by atoms with Gasteiger partial charge in [0.15, 0.2) is 0 Å². The normalized spacial score (nSPS) is 12.1. The zero-order valence-corrected chi connectivity index (χ0v) is 20.2. The lowest BCUT2D eigenvalue weighted by molar-refractivity contribution is -0.144. The number of thiol groups is 1. The molecule has 6 heteroatoms. The van der Waals surface area contributed by atoms with Gasteiger partial charge in [0.25, 0.3) is 0 Å². The maximum Gasteiger partial charge on any atom is 0.321 e. The predicted molar refractivity (Wildman–Crippen MR) is 128 cm³/mol. The number of esters is 1. The van der Waals surface area contributed by atoms with Gasteiger partial charge in [-0.15, -0.1) is 0 Å². The van der Waals surface area contributed by atoms with E-state index in [4.69, 9.17) is 9.84 Å². The molecule has 30 heavy (non-hydrogen) atoms. The number of hydrogen-bond acceptors (Lipinski definition) is 5. The van der Waals surface area contributed by atoms with Crippen LogP contribution >= 0.6 is 12.6 Å². The molecule has 0 rings (SSSR count). The lowest BCUT2D eigenvalue weighted by Gasteiger charge is -2.11. The van der Waals surface area contributed by atoms with Crippen molar-refractivity contribution in [2.75, 3.05) is 18.9 Å². The molecule has 0 aromatic heterocycles. The molecule has 0 aliphatic rings. The third kappa shape index (κ3) is 20.5. The molecule has 0 aliphatic heterocycles. The van der Waals surface area contributed by atoms with Crippen LogP contribution in [0.1, 0.15) is 116 Å². The number of carbonyl (C=O) groups is 2. The molecule has 0 heterocycles. The van der Waals surface area contributed by atoms with Gasteiger partial charge in [-0.05, 0) is 19.4 Å². The Morgan fingerprint density at radius 2 is 1.27 bits per heavy atom. The minimum absolute atomic E-state index is 0.145. The summed E-state index contributed by atoms with van der Waals surface area (Å²) in [6.45, 7) is 3.11. The van der Waals surface area contributed by atoms with Gasteiger partial charge >= 0.3 is 11.9 Å². The van der Waals surface area contributed by atoms with Crippen LogP contribution in [-0.2, 0) is 14.3 Å². The quantitative estimate of drug-likeness (QED) is 0.0998. The number of carbonyl (C=O) groups excluding carboxylic acids is 1. The highest BCUT2D eigenvalue weighted by molar-refractivity contribution is 7.80. The Labute approximate surface area is 190 Å². The van der Waals surface area contributed by atoms with E-state index in [-0.39, 0.29) is 11.7 Å². The number of ether oxygens (including phenoxy) is 1. The van der Waals surface area contributed by atoms with Gasteiger partial charge in [-0.1, -0.05) is 96.8 Å². The van der Waals surface area contributed by atoms with Crippen molar-refractivity contribution < 1.29 is 19.4 Å². The summed E-state index contributed by atoms with van der Waals surface area (Å²) in [6.07, 6.45) is 20.8. The maximum atomic E-state index is 11.7. The number of carboxylic acids is 1. The van der Waals surface area contributed by atoms with Gasteiger partial charge < -0.3 is 15.2 Å². The van der Waals surface area contributed by atoms with Crippen molar-refractivity contribution in [3.05, 3.63) is 0 Å². The minimum Gasteiger partial charge on any atom is -0.480 e. The zero-order chi connectivity index (χ0) is 22.3. The van der Waals surface area contributed by atoms with Gasteiger partial charge in [-0.25, -0.2) is 0 Å². The van der Waals surface area contributed by atoms with Crippen molar-refractivity contribution in [2.45, 2.75) is 122 Å². The van der Waals surface area contributed by atoms with Crippen LogP contribution in [-0.4, -0.2) is 42.0 Å². The van der Waals surface area contributed by atoms with Crippen molar-refractivity contribution in [1.29, 1.82) is 0 Å². The Bertz CT molecular complexity index is 407. The highest BCUT2D eigenvalue weighted by Gasteiger charge is 2.13. The van der Waals surface area contributed by atoms with Crippen molar-refractivity contribution in [1.82, 2.24) is 5.32 Å². The molecule has 2 N–H and O–H groups in total. The third-order valence-corrected chi connectivity index (χ3v) is 5.81. The summed E-state index contributed by atoms with van der Waals surface area (Å²) in [5.74, 6) is -0.808. The van der Waals surface area contributed by atoms with Gasteiger partial charge in [0, 0.05) is 12.2 Å². The fourth-order valence-electron chi connectivity index (χ4n) is 3.48. The first-order valence-corrected chi connectivity index (χ1v) is 13.0. The number of unbranched alkanes of at least 4 members (excludes halogenated alkanes) is 14. The van der Waals surface area contributed by atoms with Gasteiger partial charge in [0.05, 0.1) is 6.61 Å². The molecule has 0 aromatic rings. The average molecular weight is 446 g/mol. The van der Waals surface area contributed by atoms with Crippen LogP contribution in [0, 0.1) is 0 Å². The largest absolute Gasteiger partial charge is 0.480 e. The van der Waals surface area contributed by atoms with E-state index in [1.807, 2.05) is 0 Å². The molecule has 0 amide bonds. The smallest absolute Gasteiger partial charge is 0.321 e. The molecule has 0 aliphatic carbocycles. The lowest BCUT2D eigenvalue weighted by atomic mass is 10.0. The lowest BCUT2D eigenvalue weighted by Crippen LogP contribution is -2.39. The summed E-state index contributed by atoms with van der Waals surface area (Å²) in [5, 5.41) is 11.8. The highest BCUT2D eigenvalue weighted by Crippen LogP contribution is 2.13. The van der Waals surface area contributed by atoms with Crippen LogP contribution in [0.15, 0.2) is 0 Å². The maximum absolute atomic E-state index is 11.7. The summed E-state index contributed by atoms with van der Waals surface area (Å²) in [4.78, 5) is 22.5. The highest BCUT2D eigenvalue weighted by atomic mass is 32.1. The van der Waals surface area contributed by atoms with Crippen LogP contribution in [0.4, 0.5) is 0 Å². The molecule has 0 aromatic carbocycles. The second kappa shape index (κ2) is 22.9. The molecule has 0 radical (unpaired) electrons. The van der Waals surface area contributed by atoms with Crippen molar-refractivity contribution in [2.24, 2.45) is 0 Å². The van der Waals surface area contributed by atoms with E-state index in [0.29, 0.717) is 26.0 Å². The van der Waals surface area contributed by atoms with Crippen LogP contribution in [0.25, 0.3) is 0 Å². The molecule has 0 bridgehead atoms. The minimum atomic E-state index is -0.907. The molecule has 0 saturated carbocycles. The number of rotatable bonds is 23. The van der Waals surface area contributed by atoms with Crippen molar-refractivity contribution in [3.63, 3.8) is 0 Å². The monoisotopic (exact) mass is 445 g/mol. The molecular formula is C24H47NO4S. The van der Waals surface area contributed by atoms with E-state index < -0.39 is 12.0 Å². The first-order chi connectivity index (χ1) is 14.6. The molecular weight excluding hydrogens is 398 g/mol. The predicted octanol–water partition coefficient (Wildman–Crippen LogP) is 6.15. The SMILES string of the molecule is CCCCCCCCCCCCCCCCCC(=O)OCCCN[C@@H](CS)C(=O)O. The van der Waals surface area contributed by atoms with E-state index in [1.54, 1.807) is 0 Å². The Hall–Kier alpha value is -0.750. The van der Waals surface area contributed by atoms with E-state index in [0.717, 1.165) is 12.8 Å². The van der Waals surface area contributed by atoms with Crippen molar-refractivity contribution in [3.8, 4) is 0 Å². The number of hydrogen-bond donors (Lipinski definition) is 3. The van der Waals surface area contributed by atoms with Gasteiger partial charge in [-0.2, -0.15) is 12.6 Å². The number of carboxylic acid groups (broad SMARTS) is 1. The van der Waals surface area contributed by atoms with Gasteiger partial charge in [-0.3, -0.25) is 9.59 Å². The summed E-state index contributed by atoms with van der Waals surface area (Å²) in [6, 6.07) is -0.649.